The molecule has 3 rings (SSSR count). The van der Waals surface area contributed by atoms with Gasteiger partial charge in [0.15, 0.2) is 0 Å². The molecule has 3 aromatic carbocycles. The molecule has 2 nitrogen and oxygen atoms in total. The molecule has 0 aliphatic rings. The number of aromatic hydroxyl groups is 1. The Balaban J connectivity index is 2.11. The Morgan fingerprint density at radius 2 is 1.18 bits per heavy atom. The molecule has 0 aliphatic heterocycles. The van der Waals surface area contributed by atoms with Crippen molar-refractivity contribution in [3.63, 3.8) is 0 Å². The number of benzene rings is 3. The highest BCUT2D eigenvalue weighted by atomic mass is 16.3. The molecule has 1 N–H and O–H groups in total. The third kappa shape index (κ3) is 2.68. The minimum atomic E-state index is 0.305. The summed E-state index contributed by atoms with van der Waals surface area (Å²) in [5, 5.41) is 10.1. The molecule has 0 aromatic heterocycles. The molecule has 0 amide bonds. The SMILES string of the molecule is CN(C)c1ccc(-c2ccccc2-c2ccccc2O)cc1. The van der Waals surface area contributed by atoms with E-state index in [0.29, 0.717) is 5.75 Å². The summed E-state index contributed by atoms with van der Waals surface area (Å²) in [7, 11) is 4.07. The lowest BCUT2D eigenvalue weighted by Gasteiger charge is -2.15. The fourth-order valence-electron chi connectivity index (χ4n) is 2.61. The molecule has 22 heavy (non-hydrogen) atoms. The monoisotopic (exact) mass is 289 g/mol. The fourth-order valence-corrected chi connectivity index (χ4v) is 2.61. The van der Waals surface area contributed by atoms with Crippen LogP contribution in [0.25, 0.3) is 22.3 Å². The maximum Gasteiger partial charge on any atom is 0.123 e. The second kappa shape index (κ2) is 5.94. The van der Waals surface area contributed by atoms with Crippen LogP contribution in [0, 0.1) is 0 Å². The number of phenols is 1. The van der Waals surface area contributed by atoms with Crippen molar-refractivity contribution in [3.8, 4) is 28.0 Å². The van der Waals surface area contributed by atoms with E-state index < -0.39 is 0 Å². The van der Waals surface area contributed by atoms with E-state index >= 15 is 0 Å². The number of phenolic OH excluding ortho intramolecular Hbond substituents is 1. The van der Waals surface area contributed by atoms with Gasteiger partial charge in [-0.1, -0.05) is 54.6 Å². The highest BCUT2D eigenvalue weighted by Gasteiger charge is 2.10. The smallest absolute Gasteiger partial charge is 0.123 e. The first kappa shape index (κ1) is 14.2. The van der Waals surface area contributed by atoms with Gasteiger partial charge in [0.25, 0.3) is 0 Å². The van der Waals surface area contributed by atoms with Crippen LogP contribution in [-0.2, 0) is 0 Å². The van der Waals surface area contributed by atoms with E-state index in [0.717, 1.165) is 22.3 Å². The molecule has 0 aliphatic carbocycles. The normalized spacial score (nSPS) is 10.5. The topological polar surface area (TPSA) is 23.5 Å². The molecule has 0 saturated carbocycles. The molecule has 110 valence electrons. The molecule has 3 aromatic rings. The van der Waals surface area contributed by atoms with Crippen molar-refractivity contribution in [1.29, 1.82) is 0 Å². The van der Waals surface area contributed by atoms with E-state index in [1.54, 1.807) is 6.07 Å². The summed E-state index contributed by atoms with van der Waals surface area (Å²) in [5.74, 6) is 0.305. The van der Waals surface area contributed by atoms with E-state index in [1.807, 2.05) is 50.5 Å². The summed E-state index contributed by atoms with van der Waals surface area (Å²) in [6.45, 7) is 0. The number of rotatable bonds is 3. The first-order valence-electron chi connectivity index (χ1n) is 7.32. The van der Waals surface area contributed by atoms with Crippen LogP contribution in [-0.4, -0.2) is 19.2 Å². The maximum atomic E-state index is 10.1. The summed E-state index contributed by atoms with van der Waals surface area (Å²) < 4.78 is 0. The molecule has 0 radical (unpaired) electrons. The van der Waals surface area contributed by atoms with Gasteiger partial charge in [-0.15, -0.1) is 0 Å². The average molecular weight is 289 g/mol. The Bertz CT molecular complexity index is 776. The van der Waals surface area contributed by atoms with Crippen molar-refractivity contribution >= 4 is 5.69 Å². The minimum Gasteiger partial charge on any atom is -0.507 e. The van der Waals surface area contributed by atoms with Crippen LogP contribution in [0.5, 0.6) is 5.75 Å². The van der Waals surface area contributed by atoms with Gasteiger partial charge in [-0.2, -0.15) is 0 Å². The lowest BCUT2D eigenvalue weighted by molar-refractivity contribution is 0.477. The zero-order chi connectivity index (χ0) is 15.5. The number of hydrogen-bond acceptors (Lipinski definition) is 2. The quantitative estimate of drug-likeness (QED) is 0.749. The molecule has 0 saturated heterocycles. The fraction of sp³-hybridized carbons (Fsp3) is 0.100. The first-order chi connectivity index (χ1) is 10.7. The lowest BCUT2D eigenvalue weighted by Crippen LogP contribution is -2.07. The zero-order valence-electron chi connectivity index (χ0n) is 12.8. The summed E-state index contributed by atoms with van der Waals surface area (Å²) in [5.41, 5.74) is 5.33. The molecule has 0 atom stereocenters. The summed E-state index contributed by atoms with van der Waals surface area (Å²) in [6, 6.07) is 24.1. The van der Waals surface area contributed by atoms with Crippen LogP contribution in [0.15, 0.2) is 72.8 Å². The number of nitrogens with zero attached hydrogens (tertiary/aromatic N) is 1. The van der Waals surface area contributed by atoms with Gasteiger partial charge in [0.05, 0.1) is 0 Å². The Morgan fingerprint density at radius 3 is 1.77 bits per heavy atom. The van der Waals surface area contributed by atoms with Crippen LogP contribution in [0.4, 0.5) is 5.69 Å². The average Bonchev–Trinajstić information content (AvgIpc) is 2.55. The highest BCUT2D eigenvalue weighted by molar-refractivity contribution is 5.86. The Kier molecular flexibility index (Phi) is 3.84. The van der Waals surface area contributed by atoms with Gasteiger partial charge in [0.1, 0.15) is 5.75 Å². The van der Waals surface area contributed by atoms with Gasteiger partial charge in [-0.25, -0.2) is 0 Å². The van der Waals surface area contributed by atoms with E-state index in [1.165, 1.54) is 5.69 Å². The van der Waals surface area contributed by atoms with Crippen molar-refractivity contribution in [3.05, 3.63) is 72.8 Å². The van der Waals surface area contributed by atoms with Gasteiger partial charge in [0, 0.05) is 25.3 Å². The Labute approximate surface area is 131 Å². The first-order valence-corrected chi connectivity index (χ1v) is 7.32. The lowest BCUT2D eigenvalue weighted by atomic mass is 9.94. The molecule has 0 heterocycles. The maximum absolute atomic E-state index is 10.1. The number of para-hydroxylation sites is 1. The zero-order valence-corrected chi connectivity index (χ0v) is 12.8. The third-order valence-corrected chi connectivity index (χ3v) is 3.82. The van der Waals surface area contributed by atoms with Crippen LogP contribution < -0.4 is 4.90 Å². The predicted octanol–water partition coefficient (Wildman–Crippen LogP) is 4.79. The number of hydrogen-bond donors (Lipinski definition) is 1. The van der Waals surface area contributed by atoms with Gasteiger partial charge in [0.2, 0.25) is 0 Å². The van der Waals surface area contributed by atoms with Crippen molar-refractivity contribution < 1.29 is 5.11 Å². The van der Waals surface area contributed by atoms with E-state index in [-0.39, 0.29) is 0 Å². The van der Waals surface area contributed by atoms with Gasteiger partial charge in [-0.05, 0) is 34.9 Å². The Morgan fingerprint density at radius 1 is 0.636 bits per heavy atom. The van der Waals surface area contributed by atoms with Gasteiger partial charge < -0.3 is 10.0 Å². The molecule has 0 fully saturated rings. The second-order valence-electron chi connectivity index (χ2n) is 5.50. The molecule has 0 unspecified atom stereocenters. The molecular weight excluding hydrogens is 270 g/mol. The van der Waals surface area contributed by atoms with Gasteiger partial charge >= 0.3 is 0 Å². The summed E-state index contributed by atoms with van der Waals surface area (Å²) in [4.78, 5) is 2.08. The van der Waals surface area contributed by atoms with E-state index in [4.69, 9.17) is 0 Å². The van der Waals surface area contributed by atoms with Crippen LogP contribution in [0.3, 0.4) is 0 Å². The Hall–Kier alpha value is -2.74. The molecule has 2 heteroatoms. The molecule has 0 bridgehead atoms. The van der Waals surface area contributed by atoms with Crippen LogP contribution >= 0.6 is 0 Å². The third-order valence-electron chi connectivity index (χ3n) is 3.82. The van der Waals surface area contributed by atoms with Crippen molar-refractivity contribution in [2.75, 3.05) is 19.0 Å². The second-order valence-corrected chi connectivity index (χ2v) is 5.50. The standard InChI is InChI=1S/C20H19NO/c1-21(2)16-13-11-15(12-14-16)17-7-3-4-8-18(17)19-9-5-6-10-20(19)22/h3-14,22H,1-2H3. The molecular formula is C20H19NO. The van der Waals surface area contributed by atoms with Crippen LogP contribution in [0.2, 0.25) is 0 Å². The van der Waals surface area contributed by atoms with Crippen molar-refractivity contribution in [2.24, 2.45) is 0 Å². The largest absolute Gasteiger partial charge is 0.507 e. The van der Waals surface area contributed by atoms with E-state index in [2.05, 4.69) is 35.2 Å². The summed E-state index contributed by atoms with van der Waals surface area (Å²) >= 11 is 0. The van der Waals surface area contributed by atoms with Crippen LogP contribution in [0.1, 0.15) is 0 Å². The van der Waals surface area contributed by atoms with Crippen molar-refractivity contribution in [1.82, 2.24) is 0 Å². The van der Waals surface area contributed by atoms with Gasteiger partial charge in [-0.3, -0.25) is 0 Å². The van der Waals surface area contributed by atoms with Crippen molar-refractivity contribution in [2.45, 2.75) is 0 Å². The highest BCUT2D eigenvalue weighted by Crippen LogP contribution is 2.36. The molecule has 0 spiro atoms. The minimum absolute atomic E-state index is 0.305. The van der Waals surface area contributed by atoms with E-state index in [9.17, 15) is 5.11 Å². The summed E-state index contributed by atoms with van der Waals surface area (Å²) in [6.07, 6.45) is 0. The number of anilines is 1. The predicted molar refractivity (Wildman–Crippen MR) is 93.3 cm³/mol.